The highest BCUT2D eigenvalue weighted by atomic mass is 35.5. The molecule has 0 N–H and O–H groups in total. The van der Waals surface area contributed by atoms with E-state index in [-0.39, 0.29) is 29.1 Å². The monoisotopic (exact) mass is 544 g/mol. The maximum absolute atomic E-state index is 14.8. The second kappa shape index (κ2) is 10.7. The number of carbonyl (C=O) groups is 2. The predicted molar refractivity (Wildman–Crippen MR) is 148 cm³/mol. The van der Waals surface area contributed by atoms with Crippen molar-refractivity contribution in [3.05, 3.63) is 69.7 Å². The fourth-order valence-corrected chi connectivity index (χ4v) is 6.15. The van der Waals surface area contributed by atoms with Crippen LogP contribution in [0.1, 0.15) is 82.9 Å². The van der Waals surface area contributed by atoms with E-state index in [4.69, 9.17) is 11.6 Å². The van der Waals surface area contributed by atoms with Crippen LogP contribution in [0, 0.1) is 17.6 Å². The van der Waals surface area contributed by atoms with E-state index in [1.54, 1.807) is 6.92 Å². The van der Waals surface area contributed by atoms with Gasteiger partial charge in [0.2, 0.25) is 5.91 Å². The molecule has 0 saturated carbocycles. The number of hydrogen-bond donors (Lipinski definition) is 0. The zero-order valence-corrected chi connectivity index (χ0v) is 24.0. The summed E-state index contributed by atoms with van der Waals surface area (Å²) >= 11 is 6.32. The van der Waals surface area contributed by atoms with Gasteiger partial charge in [0.05, 0.1) is 5.92 Å². The molecule has 0 bridgehead atoms. The first-order valence-electron chi connectivity index (χ1n) is 13.5. The Bertz CT molecular complexity index is 1210. The van der Waals surface area contributed by atoms with Gasteiger partial charge in [0, 0.05) is 54.1 Å². The minimum absolute atomic E-state index is 0.0318. The third-order valence-electron chi connectivity index (χ3n) is 8.76. The molecule has 2 fully saturated rings. The summed E-state index contributed by atoms with van der Waals surface area (Å²) in [4.78, 5) is 30.5. The van der Waals surface area contributed by atoms with Crippen LogP contribution in [0.5, 0.6) is 0 Å². The number of benzene rings is 2. The van der Waals surface area contributed by atoms with Gasteiger partial charge >= 0.3 is 0 Å². The maximum atomic E-state index is 14.8. The second-order valence-corrected chi connectivity index (χ2v) is 12.9. The predicted octanol–water partition coefficient (Wildman–Crippen LogP) is 6.70. The van der Waals surface area contributed by atoms with Gasteiger partial charge in [0.1, 0.15) is 17.4 Å². The van der Waals surface area contributed by atoms with Crippen LogP contribution in [-0.4, -0.2) is 53.2 Å². The van der Waals surface area contributed by atoms with E-state index in [0.717, 1.165) is 30.0 Å². The van der Waals surface area contributed by atoms with Gasteiger partial charge in [-0.05, 0) is 95.2 Å². The van der Waals surface area contributed by atoms with E-state index in [1.807, 2.05) is 36.9 Å². The van der Waals surface area contributed by atoms with Gasteiger partial charge in [-0.25, -0.2) is 8.78 Å². The molecule has 0 radical (unpaired) electrons. The van der Waals surface area contributed by atoms with E-state index in [1.165, 1.54) is 12.1 Å². The molecule has 2 aromatic carbocycles. The Morgan fingerprint density at radius 3 is 2.13 bits per heavy atom. The molecular formula is C31H39ClF2N2O2. The lowest BCUT2D eigenvalue weighted by molar-refractivity contribution is -0.136. The number of piperidine rings is 1. The van der Waals surface area contributed by atoms with Crippen LogP contribution in [0.2, 0.25) is 5.02 Å². The zero-order chi connectivity index (χ0) is 28.0. The van der Waals surface area contributed by atoms with E-state index >= 15 is 0 Å². The molecule has 0 aliphatic carbocycles. The number of amides is 1. The highest BCUT2D eigenvalue weighted by molar-refractivity contribution is 6.30. The average molecular weight is 545 g/mol. The Morgan fingerprint density at radius 2 is 1.55 bits per heavy atom. The molecule has 2 atom stereocenters. The summed E-state index contributed by atoms with van der Waals surface area (Å²) in [7, 11) is 0. The van der Waals surface area contributed by atoms with Crippen molar-refractivity contribution in [3.8, 4) is 0 Å². The van der Waals surface area contributed by atoms with Gasteiger partial charge in [0.15, 0.2) is 0 Å². The number of hydrogen-bond acceptors (Lipinski definition) is 3. The van der Waals surface area contributed by atoms with Crippen molar-refractivity contribution in [3.63, 3.8) is 0 Å². The Morgan fingerprint density at radius 1 is 0.921 bits per heavy atom. The summed E-state index contributed by atoms with van der Waals surface area (Å²) in [6.45, 7) is 14.0. The Labute approximate surface area is 230 Å². The van der Waals surface area contributed by atoms with E-state index in [0.29, 0.717) is 36.8 Å². The lowest BCUT2D eigenvalue weighted by atomic mass is 9.74. The van der Waals surface area contributed by atoms with Gasteiger partial charge in [-0.3, -0.25) is 14.5 Å². The number of halogens is 3. The smallest absolute Gasteiger partial charge is 0.227 e. The maximum Gasteiger partial charge on any atom is 0.227 e. The van der Waals surface area contributed by atoms with Crippen LogP contribution < -0.4 is 0 Å². The van der Waals surface area contributed by atoms with Crippen LogP contribution in [0.4, 0.5) is 8.78 Å². The summed E-state index contributed by atoms with van der Waals surface area (Å²) in [6.07, 6.45) is 1.55. The molecule has 0 aromatic heterocycles. The van der Waals surface area contributed by atoms with Gasteiger partial charge in [0.25, 0.3) is 0 Å². The summed E-state index contributed by atoms with van der Waals surface area (Å²) < 4.78 is 28.5. The molecule has 0 spiro atoms. The SMILES string of the molecule is CC(=O)C(C)(C)c1cc(Cl)ccc1C1CCN(C(=O)C2CN(C(C)(C)C)CC2c2ccc(F)cc2F)CC1. The lowest BCUT2D eigenvalue weighted by Gasteiger charge is -2.37. The molecule has 1 amide bonds. The normalized spacial score (nSPS) is 21.7. The molecule has 2 aliphatic rings. The Hall–Kier alpha value is -2.31. The summed E-state index contributed by atoms with van der Waals surface area (Å²) in [5.41, 5.74) is 1.65. The highest BCUT2D eigenvalue weighted by Gasteiger charge is 2.45. The number of Topliss-reactive ketones (excluding diaryl/α,β-unsaturated/α-hetero) is 1. The Kier molecular flexibility index (Phi) is 8.07. The molecule has 206 valence electrons. The molecule has 4 rings (SSSR count). The molecular weight excluding hydrogens is 506 g/mol. The van der Waals surface area contributed by atoms with Gasteiger partial charge in [-0.1, -0.05) is 23.7 Å². The fourth-order valence-electron chi connectivity index (χ4n) is 5.98. The molecule has 2 unspecified atom stereocenters. The van der Waals surface area contributed by atoms with Crippen molar-refractivity contribution in [1.29, 1.82) is 0 Å². The first-order chi connectivity index (χ1) is 17.7. The number of ketones is 1. The van der Waals surface area contributed by atoms with Crippen molar-refractivity contribution in [2.24, 2.45) is 5.92 Å². The quantitative estimate of drug-likeness (QED) is 0.420. The van der Waals surface area contributed by atoms with Crippen molar-refractivity contribution in [1.82, 2.24) is 9.80 Å². The highest BCUT2D eigenvalue weighted by Crippen LogP contribution is 2.41. The van der Waals surface area contributed by atoms with Gasteiger partial charge in [-0.2, -0.15) is 0 Å². The molecule has 2 saturated heterocycles. The zero-order valence-electron chi connectivity index (χ0n) is 23.3. The second-order valence-electron chi connectivity index (χ2n) is 12.5. The topological polar surface area (TPSA) is 40.6 Å². The Balaban J connectivity index is 1.54. The van der Waals surface area contributed by atoms with Crippen LogP contribution >= 0.6 is 11.6 Å². The van der Waals surface area contributed by atoms with E-state index in [2.05, 4.69) is 25.7 Å². The molecule has 2 aliphatic heterocycles. The summed E-state index contributed by atoms with van der Waals surface area (Å²) in [5, 5.41) is 0.606. The van der Waals surface area contributed by atoms with Gasteiger partial charge in [-0.15, -0.1) is 0 Å². The van der Waals surface area contributed by atoms with E-state index in [9.17, 15) is 18.4 Å². The number of likely N-dealkylation sites (tertiary alicyclic amines) is 2. The first kappa shape index (κ1) is 28.7. The van der Waals surface area contributed by atoms with Crippen LogP contribution in [0.3, 0.4) is 0 Å². The summed E-state index contributed by atoms with van der Waals surface area (Å²) in [6, 6.07) is 9.47. The largest absolute Gasteiger partial charge is 0.342 e. The third kappa shape index (κ3) is 5.67. The summed E-state index contributed by atoms with van der Waals surface area (Å²) in [5.74, 6) is -1.61. The van der Waals surface area contributed by atoms with Crippen LogP contribution in [0.15, 0.2) is 36.4 Å². The fraction of sp³-hybridized carbons (Fsp3) is 0.548. The standard InChI is InChI=1S/C31H39ClF2N2O2/c1-19(37)31(5,6)27-15-21(32)7-9-23(27)20-11-13-35(14-12-20)29(38)26-18-36(30(2,3)4)17-25(26)24-10-8-22(33)16-28(24)34/h7-10,15-16,20,25-26H,11-14,17-18H2,1-6H3. The molecule has 4 nitrogen and oxygen atoms in total. The van der Waals surface area contributed by atoms with Crippen molar-refractivity contribution in [2.75, 3.05) is 26.2 Å². The van der Waals surface area contributed by atoms with Gasteiger partial charge < -0.3 is 4.90 Å². The lowest BCUT2D eigenvalue weighted by Crippen LogP contribution is -2.44. The first-order valence-corrected chi connectivity index (χ1v) is 13.9. The van der Waals surface area contributed by atoms with Crippen LogP contribution in [0.25, 0.3) is 0 Å². The molecule has 38 heavy (non-hydrogen) atoms. The minimum Gasteiger partial charge on any atom is -0.342 e. The average Bonchev–Trinajstić information content (AvgIpc) is 3.29. The number of nitrogens with zero attached hydrogens (tertiary/aromatic N) is 2. The number of rotatable bonds is 5. The molecule has 2 heterocycles. The van der Waals surface area contributed by atoms with Crippen molar-refractivity contribution in [2.45, 2.75) is 77.2 Å². The minimum atomic E-state index is -0.653. The number of carbonyl (C=O) groups excluding carboxylic acids is 2. The van der Waals surface area contributed by atoms with E-state index < -0.39 is 23.0 Å². The third-order valence-corrected chi connectivity index (χ3v) is 9.00. The van der Waals surface area contributed by atoms with Crippen molar-refractivity contribution < 1.29 is 18.4 Å². The van der Waals surface area contributed by atoms with Crippen molar-refractivity contribution >= 4 is 23.3 Å². The van der Waals surface area contributed by atoms with Crippen LogP contribution in [-0.2, 0) is 15.0 Å². The molecule has 7 heteroatoms. The molecule has 2 aromatic rings.